The van der Waals surface area contributed by atoms with E-state index in [1.54, 1.807) is 0 Å². The van der Waals surface area contributed by atoms with Gasteiger partial charge in [-0.1, -0.05) is 140 Å². The van der Waals surface area contributed by atoms with Crippen LogP contribution in [0.5, 0.6) is 0 Å². The van der Waals surface area contributed by atoms with Gasteiger partial charge in [0.05, 0.1) is 60.9 Å². The molecule has 0 atom stereocenters. The average Bonchev–Trinajstić information content (AvgIpc) is 4.13. The summed E-state index contributed by atoms with van der Waals surface area (Å²) in [5.41, 5.74) is 15.5. The van der Waals surface area contributed by atoms with Crippen LogP contribution in [0.25, 0.3) is 154 Å². The summed E-state index contributed by atoms with van der Waals surface area (Å²) in [5.74, 6) is 0.641. The van der Waals surface area contributed by atoms with Crippen LogP contribution in [0, 0.1) is 0 Å². The quantitative estimate of drug-likeness (QED) is 0.165. The molecule has 0 fully saturated rings. The predicted octanol–water partition coefficient (Wildman–Crippen LogP) is 16.3. The standard InChI is InChI=1S/C64H36N6/c1-2-17-40(18-3-1)67-51-26-13-27-52-58(51)59-53(67)34-35-54-60(59)61-55(33-31-44-43-20-8-10-23-48(43)69(52)63(44)61)70(54)64-65-47-32-29-38-15-6-7-19-42(38)57(47)62(66-64)46-22-12-25-50-56(46)45-21-9-11-24-49(45)68(50)41-30-28-37-14-4-5-16-39(37)36-41/h1-36H. The Kier molecular flexibility index (Phi) is 6.86. The van der Waals surface area contributed by atoms with Crippen LogP contribution in [0.15, 0.2) is 218 Å². The first-order valence-corrected chi connectivity index (χ1v) is 24.0. The molecule has 17 rings (SSSR count). The van der Waals surface area contributed by atoms with Crippen LogP contribution >= 0.6 is 0 Å². The van der Waals surface area contributed by atoms with E-state index in [1.165, 1.54) is 76.1 Å². The molecular weight excluding hydrogens is 853 g/mol. The highest BCUT2D eigenvalue weighted by molar-refractivity contribution is 6.38. The van der Waals surface area contributed by atoms with Crippen molar-refractivity contribution in [2.45, 2.75) is 0 Å². The second-order valence-corrected chi connectivity index (χ2v) is 18.9. The highest BCUT2D eigenvalue weighted by Crippen LogP contribution is 2.50. The van der Waals surface area contributed by atoms with Crippen LogP contribution < -0.4 is 0 Å². The zero-order chi connectivity index (χ0) is 45.3. The van der Waals surface area contributed by atoms with Crippen LogP contribution in [0.3, 0.4) is 0 Å². The van der Waals surface area contributed by atoms with Gasteiger partial charge in [-0.25, -0.2) is 9.97 Å². The van der Waals surface area contributed by atoms with Gasteiger partial charge in [0.25, 0.3) is 0 Å². The summed E-state index contributed by atoms with van der Waals surface area (Å²) in [6.45, 7) is 0. The zero-order valence-corrected chi connectivity index (χ0v) is 37.5. The fraction of sp³-hybridized carbons (Fsp3) is 0. The first kappa shape index (κ1) is 36.6. The molecule has 0 saturated carbocycles. The third kappa shape index (κ3) is 4.53. The second-order valence-electron chi connectivity index (χ2n) is 18.9. The van der Waals surface area contributed by atoms with Gasteiger partial charge in [-0.15, -0.1) is 0 Å². The number of rotatable bonds is 4. The van der Waals surface area contributed by atoms with Crippen molar-refractivity contribution in [2.24, 2.45) is 0 Å². The van der Waals surface area contributed by atoms with Gasteiger partial charge in [-0.3, -0.25) is 4.57 Å². The number of hydrogen-bond acceptors (Lipinski definition) is 2. The third-order valence-corrected chi connectivity index (χ3v) is 15.4. The third-order valence-electron chi connectivity index (χ3n) is 15.4. The van der Waals surface area contributed by atoms with Crippen molar-refractivity contribution in [3.05, 3.63) is 218 Å². The minimum absolute atomic E-state index is 0.641. The number of benzene rings is 11. The minimum atomic E-state index is 0.641. The maximum atomic E-state index is 5.90. The van der Waals surface area contributed by atoms with Gasteiger partial charge < -0.3 is 13.5 Å². The Bertz CT molecular complexity index is 5070. The summed E-state index contributed by atoms with van der Waals surface area (Å²) >= 11 is 0. The lowest BCUT2D eigenvalue weighted by Crippen LogP contribution is -2.04. The Hall–Kier alpha value is -9.52. The fourth-order valence-electron chi connectivity index (χ4n) is 12.7. The smallest absolute Gasteiger partial charge is 0.235 e. The van der Waals surface area contributed by atoms with Gasteiger partial charge in [-0.2, -0.15) is 0 Å². The Labute approximate surface area is 398 Å². The van der Waals surface area contributed by atoms with Gasteiger partial charge in [0.2, 0.25) is 5.95 Å². The number of para-hydroxylation sites is 3. The first-order chi connectivity index (χ1) is 34.8. The van der Waals surface area contributed by atoms with Crippen molar-refractivity contribution in [3.63, 3.8) is 0 Å². The topological polar surface area (TPSA) is 45.0 Å². The Balaban J connectivity index is 1.04. The van der Waals surface area contributed by atoms with Crippen molar-refractivity contribution in [1.82, 2.24) is 28.1 Å². The average molecular weight is 889 g/mol. The van der Waals surface area contributed by atoms with Crippen molar-refractivity contribution in [3.8, 4) is 28.6 Å². The van der Waals surface area contributed by atoms with Crippen molar-refractivity contribution in [2.75, 3.05) is 0 Å². The molecular formula is C64H36N6. The molecule has 11 aromatic carbocycles. The minimum Gasteiger partial charge on any atom is -0.309 e. The lowest BCUT2D eigenvalue weighted by Gasteiger charge is -2.15. The molecule has 0 saturated heterocycles. The molecule has 6 heteroatoms. The van der Waals surface area contributed by atoms with Gasteiger partial charge in [0.1, 0.15) is 0 Å². The maximum absolute atomic E-state index is 5.90. The van der Waals surface area contributed by atoms with Crippen LogP contribution in [0.1, 0.15) is 0 Å². The Morgan fingerprint density at radius 3 is 1.76 bits per heavy atom. The van der Waals surface area contributed by atoms with E-state index in [0.29, 0.717) is 5.95 Å². The van der Waals surface area contributed by atoms with Gasteiger partial charge in [0.15, 0.2) is 0 Å². The lowest BCUT2D eigenvalue weighted by molar-refractivity contribution is 1.02. The molecule has 0 unspecified atom stereocenters. The number of fused-ring (bicyclic) bond motifs is 11. The van der Waals surface area contributed by atoms with Crippen molar-refractivity contribution >= 4 is 125 Å². The fourth-order valence-corrected chi connectivity index (χ4v) is 12.7. The Morgan fingerprint density at radius 1 is 0.286 bits per heavy atom. The van der Waals surface area contributed by atoms with Gasteiger partial charge in [-0.05, 0) is 100 Å². The largest absolute Gasteiger partial charge is 0.309 e. The molecule has 6 nitrogen and oxygen atoms in total. The second kappa shape index (κ2) is 13.1. The summed E-state index contributed by atoms with van der Waals surface area (Å²) in [5, 5.41) is 15.5. The molecule has 322 valence electrons. The highest BCUT2D eigenvalue weighted by Gasteiger charge is 2.29. The molecule has 0 N–H and O–H groups in total. The van der Waals surface area contributed by atoms with E-state index in [1.807, 2.05) is 0 Å². The predicted molar refractivity (Wildman–Crippen MR) is 291 cm³/mol. The molecule has 17 aromatic rings. The molecule has 6 aromatic heterocycles. The number of hydrogen-bond donors (Lipinski definition) is 0. The summed E-state index contributed by atoms with van der Waals surface area (Å²) in [6.07, 6.45) is 0. The molecule has 6 heterocycles. The molecule has 0 bridgehead atoms. The molecule has 0 aliphatic rings. The van der Waals surface area contributed by atoms with E-state index in [4.69, 9.17) is 9.97 Å². The van der Waals surface area contributed by atoms with E-state index in [9.17, 15) is 0 Å². The van der Waals surface area contributed by atoms with Crippen LogP contribution in [-0.2, 0) is 0 Å². The maximum Gasteiger partial charge on any atom is 0.235 e. The zero-order valence-electron chi connectivity index (χ0n) is 37.5. The van der Waals surface area contributed by atoms with Crippen LogP contribution in [0.4, 0.5) is 0 Å². The van der Waals surface area contributed by atoms with E-state index in [0.717, 1.165) is 71.8 Å². The van der Waals surface area contributed by atoms with E-state index >= 15 is 0 Å². The molecule has 0 aliphatic heterocycles. The monoisotopic (exact) mass is 888 g/mol. The van der Waals surface area contributed by atoms with E-state index in [2.05, 4.69) is 236 Å². The lowest BCUT2D eigenvalue weighted by atomic mass is 9.97. The molecule has 0 aliphatic carbocycles. The van der Waals surface area contributed by atoms with E-state index in [-0.39, 0.29) is 0 Å². The number of nitrogens with zero attached hydrogens (tertiary/aromatic N) is 6. The summed E-state index contributed by atoms with van der Waals surface area (Å²) < 4.78 is 9.74. The van der Waals surface area contributed by atoms with Crippen molar-refractivity contribution in [1.29, 1.82) is 0 Å². The molecule has 0 radical (unpaired) electrons. The van der Waals surface area contributed by atoms with Crippen LogP contribution in [-0.4, -0.2) is 28.1 Å². The normalized spacial score (nSPS) is 12.6. The van der Waals surface area contributed by atoms with Crippen LogP contribution in [0.2, 0.25) is 0 Å². The van der Waals surface area contributed by atoms with E-state index < -0.39 is 0 Å². The van der Waals surface area contributed by atoms with Crippen molar-refractivity contribution < 1.29 is 0 Å². The number of aromatic nitrogens is 6. The summed E-state index contributed by atoms with van der Waals surface area (Å²) in [7, 11) is 0. The molecule has 0 amide bonds. The molecule has 70 heavy (non-hydrogen) atoms. The SMILES string of the molecule is c1ccc(-n2c3ccc4c5c3c3c2cccc3n2c3ccccc3c3ccc(c5c32)n4-c2nc(-c3cccc4c3c3ccccc3n4-c3ccc4ccccc4c3)c3c(ccc4ccccc43)n2)cc1. The molecule has 0 spiro atoms. The van der Waals surface area contributed by atoms with Gasteiger partial charge in [0, 0.05) is 65.4 Å². The summed E-state index contributed by atoms with van der Waals surface area (Å²) in [6, 6.07) is 79.7. The summed E-state index contributed by atoms with van der Waals surface area (Å²) in [4.78, 5) is 11.5. The Morgan fingerprint density at radius 2 is 0.886 bits per heavy atom. The first-order valence-electron chi connectivity index (χ1n) is 24.0. The highest BCUT2D eigenvalue weighted by atomic mass is 15.2. The van der Waals surface area contributed by atoms with Gasteiger partial charge >= 0.3 is 0 Å².